The molecule has 0 fully saturated rings. The van der Waals surface area contributed by atoms with Crippen molar-refractivity contribution in [3.63, 3.8) is 0 Å². The molecule has 0 aliphatic rings. The first-order valence-electron chi connectivity index (χ1n) is 9.00. The number of nitrogens with one attached hydrogen (secondary N) is 1. The third-order valence-electron chi connectivity index (χ3n) is 4.64. The fraction of sp³-hybridized carbons (Fsp3) is 0.273. The molecule has 0 aliphatic heterocycles. The average Bonchev–Trinajstić information content (AvgIpc) is 2.66. The molecule has 0 saturated carbocycles. The van der Waals surface area contributed by atoms with Crippen LogP contribution in [0, 0.1) is 13.8 Å². The van der Waals surface area contributed by atoms with Gasteiger partial charge in [0.15, 0.2) is 5.43 Å². The quantitative estimate of drug-likeness (QED) is 0.724. The molecular weight excluding hydrogens is 342 g/mol. The van der Waals surface area contributed by atoms with E-state index < -0.39 is 0 Å². The normalized spacial score (nSPS) is 12.1. The van der Waals surface area contributed by atoms with Gasteiger partial charge in [-0.25, -0.2) is 0 Å². The Labute approximate surface area is 157 Å². The lowest BCUT2D eigenvalue weighted by Gasteiger charge is -2.14. The molecule has 1 aromatic heterocycles. The SMILES string of the molecule is CCC(CO)NC(=O)c1ccc(-c2cc(=O)c3cc(C)cc(C)c3o2)cc1. The Morgan fingerprint density at radius 1 is 1.15 bits per heavy atom. The van der Waals surface area contributed by atoms with Crippen LogP contribution in [-0.2, 0) is 0 Å². The van der Waals surface area contributed by atoms with Gasteiger partial charge in [0.25, 0.3) is 5.91 Å². The highest BCUT2D eigenvalue weighted by Gasteiger charge is 2.13. The van der Waals surface area contributed by atoms with E-state index in [4.69, 9.17) is 4.42 Å². The van der Waals surface area contributed by atoms with Crippen molar-refractivity contribution in [2.24, 2.45) is 0 Å². The minimum absolute atomic E-state index is 0.0893. The smallest absolute Gasteiger partial charge is 0.251 e. The summed E-state index contributed by atoms with van der Waals surface area (Å²) in [5, 5.41) is 12.6. The molecule has 140 valence electrons. The number of carbonyl (C=O) groups excluding carboxylic acids is 1. The van der Waals surface area contributed by atoms with E-state index >= 15 is 0 Å². The third kappa shape index (κ3) is 3.93. The maximum absolute atomic E-state index is 12.5. The number of rotatable bonds is 5. The van der Waals surface area contributed by atoms with Crippen molar-refractivity contribution < 1.29 is 14.3 Å². The van der Waals surface area contributed by atoms with Crippen LogP contribution in [0.1, 0.15) is 34.8 Å². The molecule has 3 rings (SSSR count). The first-order valence-corrected chi connectivity index (χ1v) is 9.00. The molecule has 2 aromatic carbocycles. The van der Waals surface area contributed by atoms with Gasteiger partial charge in [-0.15, -0.1) is 0 Å². The zero-order valence-electron chi connectivity index (χ0n) is 15.7. The lowest BCUT2D eigenvalue weighted by atomic mass is 10.1. The zero-order chi connectivity index (χ0) is 19.6. The lowest BCUT2D eigenvalue weighted by Crippen LogP contribution is -2.36. The third-order valence-corrected chi connectivity index (χ3v) is 4.64. The van der Waals surface area contributed by atoms with Crippen molar-refractivity contribution in [2.45, 2.75) is 33.2 Å². The van der Waals surface area contributed by atoms with Gasteiger partial charge in [-0.1, -0.05) is 25.1 Å². The molecule has 0 bridgehead atoms. The van der Waals surface area contributed by atoms with Crippen molar-refractivity contribution >= 4 is 16.9 Å². The molecule has 3 aromatic rings. The Balaban J connectivity index is 1.93. The number of amides is 1. The van der Waals surface area contributed by atoms with Gasteiger partial charge in [-0.2, -0.15) is 0 Å². The number of aliphatic hydroxyl groups excluding tert-OH is 1. The second kappa shape index (κ2) is 7.76. The summed E-state index contributed by atoms with van der Waals surface area (Å²) in [6.07, 6.45) is 0.654. The minimum atomic E-state index is -0.262. The van der Waals surface area contributed by atoms with Gasteiger partial charge in [0.05, 0.1) is 18.0 Å². The Morgan fingerprint density at radius 2 is 1.85 bits per heavy atom. The first kappa shape index (κ1) is 18.9. The summed E-state index contributed by atoms with van der Waals surface area (Å²) in [5.41, 5.74) is 3.63. The molecule has 0 spiro atoms. The first-order chi connectivity index (χ1) is 12.9. The minimum Gasteiger partial charge on any atom is -0.456 e. The predicted molar refractivity (Wildman–Crippen MR) is 106 cm³/mol. The van der Waals surface area contributed by atoms with Crippen LogP contribution >= 0.6 is 0 Å². The Hall–Kier alpha value is -2.92. The maximum Gasteiger partial charge on any atom is 0.251 e. The molecular formula is C22H23NO4. The molecule has 1 atom stereocenters. The number of benzene rings is 2. The van der Waals surface area contributed by atoms with Crippen LogP contribution in [-0.4, -0.2) is 23.7 Å². The van der Waals surface area contributed by atoms with Gasteiger partial charge in [0.2, 0.25) is 0 Å². The van der Waals surface area contributed by atoms with Crippen LogP contribution < -0.4 is 10.7 Å². The van der Waals surface area contributed by atoms with Gasteiger partial charge in [0.1, 0.15) is 11.3 Å². The number of carbonyl (C=O) groups is 1. The van der Waals surface area contributed by atoms with Crippen LogP contribution in [0.4, 0.5) is 0 Å². The van der Waals surface area contributed by atoms with Gasteiger partial charge >= 0.3 is 0 Å². The molecule has 5 nitrogen and oxygen atoms in total. The fourth-order valence-electron chi connectivity index (χ4n) is 3.08. The van der Waals surface area contributed by atoms with Crippen molar-refractivity contribution in [3.8, 4) is 11.3 Å². The predicted octanol–water partition coefficient (Wildman–Crippen LogP) is 3.58. The number of hydrogen-bond donors (Lipinski definition) is 2. The highest BCUT2D eigenvalue weighted by Crippen LogP contribution is 2.25. The summed E-state index contributed by atoms with van der Waals surface area (Å²) in [7, 11) is 0. The van der Waals surface area contributed by atoms with E-state index in [1.165, 1.54) is 6.07 Å². The summed E-state index contributed by atoms with van der Waals surface area (Å²) in [5.74, 6) is 0.224. The van der Waals surface area contributed by atoms with E-state index in [1.54, 1.807) is 24.3 Å². The van der Waals surface area contributed by atoms with E-state index in [-0.39, 0.29) is 24.0 Å². The summed E-state index contributed by atoms with van der Waals surface area (Å²) in [4.78, 5) is 24.7. The van der Waals surface area contributed by atoms with Crippen molar-refractivity contribution in [3.05, 3.63) is 69.4 Å². The fourth-order valence-corrected chi connectivity index (χ4v) is 3.08. The second-order valence-electron chi connectivity index (χ2n) is 6.77. The number of aryl methyl sites for hydroxylation is 2. The van der Waals surface area contributed by atoms with Gasteiger partial charge < -0.3 is 14.8 Å². The molecule has 2 N–H and O–H groups in total. The number of fused-ring (bicyclic) bond motifs is 1. The largest absolute Gasteiger partial charge is 0.456 e. The van der Waals surface area contributed by atoms with Gasteiger partial charge in [-0.05, 0) is 49.6 Å². The Bertz CT molecular complexity index is 1030. The van der Waals surface area contributed by atoms with Crippen LogP contribution in [0.5, 0.6) is 0 Å². The standard InChI is InChI=1S/C22H23NO4/c1-4-17(12-24)23-22(26)16-7-5-15(6-8-16)20-11-19(25)18-10-13(2)9-14(3)21(18)27-20/h5-11,17,24H,4,12H2,1-3H3,(H,23,26). The molecule has 1 heterocycles. The maximum atomic E-state index is 12.5. The summed E-state index contributed by atoms with van der Waals surface area (Å²) >= 11 is 0. The van der Waals surface area contributed by atoms with E-state index in [1.807, 2.05) is 32.9 Å². The summed E-state index contributed by atoms with van der Waals surface area (Å²) in [6.45, 7) is 5.67. The number of aliphatic hydroxyl groups is 1. The van der Waals surface area contributed by atoms with Crippen molar-refractivity contribution in [2.75, 3.05) is 6.61 Å². The Morgan fingerprint density at radius 3 is 2.48 bits per heavy atom. The number of hydrogen-bond acceptors (Lipinski definition) is 4. The molecule has 27 heavy (non-hydrogen) atoms. The molecule has 0 radical (unpaired) electrons. The molecule has 5 heteroatoms. The van der Waals surface area contributed by atoms with E-state index in [0.717, 1.165) is 16.7 Å². The molecule has 1 unspecified atom stereocenters. The second-order valence-corrected chi connectivity index (χ2v) is 6.77. The zero-order valence-corrected chi connectivity index (χ0v) is 15.7. The van der Waals surface area contributed by atoms with Crippen LogP contribution in [0.3, 0.4) is 0 Å². The molecule has 0 aliphatic carbocycles. The van der Waals surface area contributed by atoms with Crippen LogP contribution in [0.25, 0.3) is 22.3 Å². The van der Waals surface area contributed by atoms with E-state index in [2.05, 4.69) is 5.32 Å². The average molecular weight is 365 g/mol. The molecule has 1 amide bonds. The summed E-state index contributed by atoms with van der Waals surface area (Å²) < 4.78 is 5.98. The van der Waals surface area contributed by atoms with E-state index in [9.17, 15) is 14.7 Å². The monoisotopic (exact) mass is 365 g/mol. The Kier molecular flexibility index (Phi) is 5.42. The van der Waals surface area contributed by atoms with Crippen LogP contribution in [0.2, 0.25) is 0 Å². The highest BCUT2D eigenvalue weighted by molar-refractivity contribution is 5.94. The molecule has 0 saturated heterocycles. The summed E-state index contributed by atoms with van der Waals surface area (Å²) in [6, 6.07) is 11.9. The van der Waals surface area contributed by atoms with Gasteiger partial charge in [0, 0.05) is 17.2 Å². The van der Waals surface area contributed by atoms with Crippen molar-refractivity contribution in [1.29, 1.82) is 0 Å². The topological polar surface area (TPSA) is 79.5 Å². The van der Waals surface area contributed by atoms with E-state index in [0.29, 0.717) is 28.7 Å². The lowest BCUT2D eigenvalue weighted by molar-refractivity contribution is 0.0915. The van der Waals surface area contributed by atoms with Crippen molar-refractivity contribution in [1.82, 2.24) is 5.32 Å². The van der Waals surface area contributed by atoms with Crippen LogP contribution in [0.15, 0.2) is 51.7 Å². The highest BCUT2D eigenvalue weighted by atomic mass is 16.3. The van der Waals surface area contributed by atoms with Gasteiger partial charge in [-0.3, -0.25) is 9.59 Å².